The molecule has 1 heterocycles. The van der Waals surface area contributed by atoms with Gasteiger partial charge in [-0.2, -0.15) is 5.10 Å². The molecule has 2 aliphatic rings. The summed E-state index contributed by atoms with van der Waals surface area (Å²) < 4.78 is 7.95. The highest BCUT2D eigenvalue weighted by molar-refractivity contribution is 5.31. The Labute approximate surface area is 144 Å². The van der Waals surface area contributed by atoms with Crippen LogP contribution >= 0.6 is 0 Å². The molecule has 24 heavy (non-hydrogen) atoms. The highest BCUT2D eigenvalue weighted by Crippen LogP contribution is 2.41. The lowest BCUT2D eigenvalue weighted by Crippen LogP contribution is -2.59. The van der Waals surface area contributed by atoms with E-state index in [0.29, 0.717) is 24.2 Å². The zero-order chi connectivity index (χ0) is 16.5. The predicted molar refractivity (Wildman–Crippen MR) is 95.2 cm³/mol. The molecule has 4 nitrogen and oxygen atoms in total. The monoisotopic (exact) mass is 325 g/mol. The number of rotatable bonds is 6. The standard InChI is InChI=1S/C20H27N3O/c1-3-24-19-13-18(20(19)23-10-6-9-21-23)22-16-11-15(12-16)17-8-5-4-7-14(17)2/h4-10,15-16,18-20,22H,3,11-13H2,1-2H3. The number of ether oxygens (including phenoxy) is 1. The van der Waals surface area contributed by atoms with Crippen LogP contribution in [0.25, 0.3) is 0 Å². The maximum Gasteiger partial charge on any atom is 0.0934 e. The second kappa shape index (κ2) is 6.69. The van der Waals surface area contributed by atoms with Crippen molar-refractivity contribution in [2.75, 3.05) is 6.61 Å². The Kier molecular flexibility index (Phi) is 4.42. The Balaban J connectivity index is 1.34. The molecular formula is C20H27N3O. The van der Waals surface area contributed by atoms with Crippen molar-refractivity contribution in [3.8, 4) is 0 Å². The van der Waals surface area contributed by atoms with Crippen LogP contribution in [0.1, 0.15) is 49.3 Å². The van der Waals surface area contributed by atoms with Gasteiger partial charge in [0.05, 0.1) is 12.1 Å². The van der Waals surface area contributed by atoms with Crippen molar-refractivity contribution >= 4 is 0 Å². The molecule has 0 radical (unpaired) electrons. The van der Waals surface area contributed by atoms with Gasteiger partial charge in [0.2, 0.25) is 0 Å². The highest BCUT2D eigenvalue weighted by Gasteiger charge is 2.45. The van der Waals surface area contributed by atoms with Crippen molar-refractivity contribution in [3.63, 3.8) is 0 Å². The third-order valence-corrected chi connectivity index (χ3v) is 5.71. The Morgan fingerprint density at radius 3 is 2.75 bits per heavy atom. The third kappa shape index (κ3) is 2.89. The fourth-order valence-electron chi connectivity index (χ4n) is 4.31. The number of aromatic nitrogens is 2. The zero-order valence-corrected chi connectivity index (χ0v) is 14.6. The summed E-state index contributed by atoms with van der Waals surface area (Å²) in [6.07, 6.45) is 7.78. The minimum absolute atomic E-state index is 0.291. The minimum Gasteiger partial charge on any atom is -0.376 e. The van der Waals surface area contributed by atoms with Crippen LogP contribution in [0, 0.1) is 6.92 Å². The molecule has 2 fully saturated rings. The summed E-state index contributed by atoms with van der Waals surface area (Å²) in [4.78, 5) is 0. The molecule has 0 aliphatic heterocycles. The zero-order valence-electron chi connectivity index (χ0n) is 14.6. The average Bonchev–Trinajstić information content (AvgIpc) is 3.02. The molecule has 2 aliphatic carbocycles. The molecule has 4 rings (SSSR count). The molecule has 1 aromatic carbocycles. The Morgan fingerprint density at radius 2 is 2.04 bits per heavy atom. The summed E-state index contributed by atoms with van der Waals surface area (Å²) in [7, 11) is 0. The van der Waals surface area contributed by atoms with Crippen LogP contribution in [0.2, 0.25) is 0 Å². The SMILES string of the molecule is CCOC1CC(NC2CC(c3ccccc3C)C2)C1n1cccn1. The second-order valence-corrected chi connectivity index (χ2v) is 7.20. The molecular weight excluding hydrogens is 298 g/mol. The summed E-state index contributed by atoms with van der Waals surface area (Å²) in [5, 5.41) is 8.30. The molecule has 0 amide bonds. The van der Waals surface area contributed by atoms with Gasteiger partial charge in [-0.25, -0.2) is 0 Å². The average molecular weight is 325 g/mol. The van der Waals surface area contributed by atoms with Crippen LogP contribution in [-0.4, -0.2) is 34.6 Å². The van der Waals surface area contributed by atoms with Gasteiger partial charge < -0.3 is 10.1 Å². The molecule has 128 valence electrons. The summed E-state index contributed by atoms with van der Waals surface area (Å²) in [5.41, 5.74) is 2.95. The van der Waals surface area contributed by atoms with Crippen LogP contribution in [0.4, 0.5) is 0 Å². The summed E-state index contributed by atoms with van der Waals surface area (Å²) in [5.74, 6) is 0.717. The second-order valence-electron chi connectivity index (χ2n) is 7.20. The number of hydrogen-bond acceptors (Lipinski definition) is 3. The van der Waals surface area contributed by atoms with E-state index < -0.39 is 0 Å². The fourth-order valence-corrected chi connectivity index (χ4v) is 4.31. The molecule has 4 heteroatoms. The number of benzene rings is 1. The first kappa shape index (κ1) is 15.9. The molecule has 0 bridgehead atoms. The minimum atomic E-state index is 0.291. The van der Waals surface area contributed by atoms with E-state index in [1.54, 1.807) is 0 Å². The fraction of sp³-hybridized carbons (Fsp3) is 0.550. The van der Waals surface area contributed by atoms with E-state index in [1.165, 1.54) is 24.0 Å². The van der Waals surface area contributed by atoms with Crippen molar-refractivity contribution < 1.29 is 4.74 Å². The number of aryl methyl sites for hydroxylation is 1. The Morgan fingerprint density at radius 1 is 1.21 bits per heavy atom. The van der Waals surface area contributed by atoms with E-state index in [1.807, 2.05) is 12.3 Å². The van der Waals surface area contributed by atoms with Crippen molar-refractivity contribution in [3.05, 3.63) is 53.9 Å². The first-order valence-corrected chi connectivity index (χ1v) is 9.18. The molecule has 1 aromatic heterocycles. The van der Waals surface area contributed by atoms with Crippen molar-refractivity contribution in [2.24, 2.45) is 0 Å². The quantitative estimate of drug-likeness (QED) is 0.884. The van der Waals surface area contributed by atoms with Gasteiger partial charge >= 0.3 is 0 Å². The van der Waals surface area contributed by atoms with E-state index in [4.69, 9.17) is 4.74 Å². The largest absolute Gasteiger partial charge is 0.376 e. The molecule has 1 N–H and O–H groups in total. The van der Waals surface area contributed by atoms with Crippen LogP contribution in [0.3, 0.4) is 0 Å². The van der Waals surface area contributed by atoms with Gasteiger partial charge in [-0.15, -0.1) is 0 Å². The lowest BCUT2D eigenvalue weighted by atomic mass is 9.73. The van der Waals surface area contributed by atoms with E-state index >= 15 is 0 Å². The summed E-state index contributed by atoms with van der Waals surface area (Å²) in [6.45, 7) is 5.07. The third-order valence-electron chi connectivity index (χ3n) is 5.71. The first-order valence-electron chi connectivity index (χ1n) is 9.18. The van der Waals surface area contributed by atoms with Gasteiger partial charge in [-0.1, -0.05) is 24.3 Å². The lowest BCUT2D eigenvalue weighted by Gasteiger charge is -2.48. The number of nitrogens with one attached hydrogen (secondary N) is 1. The maximum atomic E-state index is 5.88. The number of hydrogen-bond donors (Lipinski definition) is 1. The van der Waals surface area contributed by atoms with Crippen LogP contribution in [0.5, 0.6) is 0 Å². The van der Waals surface area contributed by atoms with Gasteiger partial charge in [0, 0.05) is 31.1 Å². The topological polar surface area (TPSA) is 39.1 Å². The van der Waals surface area contributed by atoms with Crippen LogP contribution in [0.15, 0.2) is 42.7 Å². The Hall–Kier alpha value is -1.65. The van der Waals surface area contributed by atoms with Crippen LogP contribution in [-0.2, 0) is 4.74 Å². The summed E-state index contributed by atoms with van der Waals surface area (Å²) >= 11 is 0. The molecule has 3 unspecified atom stereocenters. The molecule has 2 aromatic rings. The Bertz CT molecular complexity index is 663. The molecule has 0 saturated heterocycles. The first-order chi connectivity index (χ1) is 11.8. The molecule has 2 saturated carbocycles. The van der Waals surface area contributed by atoms with Crippen LogP contribution < -0.4 is 5.32 Å². The predicted octanol–water partition coefficient (Wildman–Crippen LogP) is 3.45. The van der Waals surface area contributed by atoms with Crippen molar-refractivity contribution in [1.29, 1.82) is 0 Å². The lowest BCUT2D eigenvalue weighted by molar-refractivity contribution is -0.0657. The highest BCUT2D eigenvalue weighted by atomic mass is 16.5. The van der Waals surface area contributed by atoms with E-state index in [9.17, 15) is 0 Å². The van der Waals surface area contributed by atoms with Crippen molar-refractivity contribution in [2.45, 2.75) is 63.3 Å². The summed E-state index contributed by atoms with van der Waals surface area (Å²) in [6, 6.07) is 12.2. The number of nitrogens with zero attached hydrogens (tertiary/aromatic N) is 2. The van der Waals surface area contributed by atoms with Crippen molar-refractivity contribution in [1.82, 2.24) is 15.1 Å². The smallest absolute Gasteiger partial charge is 0.0934 e. The maximum absolute atomic E-state index is 5.88. The van der Waals surface area contributed by atoms with E-state index in [-0.39, 0.29) is 0 Å². The van der Waals surface area contributed by atoms with Gasteiger partial charge in [-0.3, -0.25) is 4.68 Å². The van der Waals surface area contributed by atoms with Gasteiger partial charge in [0.1, 0.15) is 0 Å². The molecule has 0 spiro atoms. The van der Waals surface area contributed by atoms with Gasteiger partial charge in [0.25, 0.3) is 0 Å². The van der Waals surface area contributed by atoms with E-state index in [2.05, 4.69) is 59.4 Å². The normalized spacial score (nSPS) is 32.2. The van der Waals surface area contributed by atoms with E-state index in [0.717, 1.165) is 18.9 Å². The molecule has 3 atom stereocenters. The van der Waals surface area contributed by atoms with Gasteiger partial charge in [0.15, 0.2) is 0 Å². The van der Waals surface area contributed by atoms with Gasteiger partial charge in [-0.05, 0) is 56.2 Å².